The van der Waals surface area contributed by atoms with Crippen molar-refractivity contribution in [2.45, 2.75) is 31.5 Å². The number of nitrogens with one attached hydrogen (secondary N) is 2. The van der Waals surface area contributed by atoms with Crippen LogP contribution in [0.1, 0.15) is 28.9 Å². The molecule has 0 aliphatic heterocycles. The van der Waals surface area contributed by atoms with Gasteiger partial charge in [-0.2, -0.15) is 18.3 Å². The molecule has 0 fully saturated rings. The number of hydrogen-bond acceptors (Lipinski definition) is 7. The maximum Gasteiger partial charge on any atom is 0.424 e. The molecule has 0 spiro atoms. The monoisotopic (exact) mass is 488 g/mol. The summed E-state index contributed by atoms with van der Waals surface area (Å²) in [7, 11) is 2.59. The molecule has 1 atom stereocenters. The van der Waals surface area contributed by atoms with Gasteiger partial charge in [-0.1, -0.05) is 6.08 Å². The average molecular weight is 488 g/mol. The Morgan fingerprint density at radius 1 is 1.21 bits per heavy atom. The van der Waals surface area contributed by atoms with E-state index < -0.39 is 36.6 Å². The zero-order valence-electron chi connectivity index (χ0n) is 19.1. The maximum absolute atomic E-state index is 13.9. The minimum absolute atomic E-state index is 0.0255. The van der Waals surface area contributed by atoms with Crippen molar-refractivity contribution in [2.75, 3.05) is 40.6 Å². The fourth-order valence-corrected chi connectivity index (χ4v) is 3.20. The van der Waals surface area contributed by atoms with E-state index >= 15 is 0 Å². The molecule has 12 heteroatoms. The van der Waals surface area contributed by atoms with Crippen molar-refractivity contribution in [3.63, 3.8) is 0 Å². The number of rotatable bonds is 12. The van der Waals surface area contributed by atoms with Crippen LogP contribution in [0.5, 0.6) is 5.75 Å². The number of fused-ring (bicyclic) bond motifs is 1. The normalized spacial score (nSPS) is 14.1. The Balaban J connectivity index is 2.23. The first-order chi connectivity index (χ1) is 16.1. The summed E-state index contributed by atoms with van der Waals surface area (Å²) in [6.45, 7) is 0.191. The van der Waals surface area contributed by atoms with Gasteiger partial charge in [0, 0.05) is 30.3 Å². The molecule has 1 aromatic heterocycles. The first-order valence-corrected chi connectivity index (χ1v) is 10.5. The molecule has 0 bridgehead atoms. The van der Waals surface area contributed by atoms with Gasteiger partial charge in [-0.05, 0) is 38.0 Å². The standard InChI is InChI=1S/C22H28F4N4O4/c1-14-10-15-11-16(12-17(33-3)19(15)30-29-14)20(31)28-13-21(32,22(24,25)26)18(27-2)6-4-8-34-9-5-7-23/h6,10-12,27,32H,4-5,7-9,13H2,1-3H3,(H,28,31)/b18-6-/t21-/m0/s1. The van der Waals surface area contributed by atoms with Crippen molar-refractivity contribution in [1.82, 2.24) is 20.8 Å². The van der Waals surface area contributed by atoms with Gasteiger partial charge in [0.1, 0.15) is 11.3 Å². The van der Waals surface area contributed by atoms with Crippen LogP contribution in [0.25, 0.3) is 10.9 Å². The largest absolute Gasteiger partial charge is 0.494 e. The number of hydrogen-bond donors (Lipinski definition) is 3. The van der Waals surface area contributed by atoms with Crippen LogP contribution in [-0.2, 0) is 4.74 Å². The lowest BCUT2D eigenvalue weighted by molar-refractivity contribution is -0.243. The minimum atomic E-state index is -5.10. The Labute approximate surface area is 194 Å². The summed E-state index contributed by atoms with van der Waals surface area (Å²) in [5, 5.41) is 23.5. The molecule has 34 heavy (non-hydrogen) atoms. The molecule has 1 amide bonds. The number of ether oxygens (including phenoxy) is 2. The van der Waals surface area contributed by atoms with Gasteiger partial charge in [-0.25, -0.2) is 0 Å². The van der Waals surface area contributed by atoms with Crippen LogP contribution in [0, 0.1) is 6.92 Å². The van der Waals surface area contributed by atoms with Gasteiger partial charge in [0.05, 0.1) is 32.6 Å². The van der Waals surface area contributed by atoms with Crippen molar-refractivity contribution in [3.05, 3.63) is 41.2 Å². The lowest BCUT2D eigenvalue weighted by Gasteiger charge is -2.33. The highest BCUT2D eigenvalue weighted by molar-refractivity contribution is 5.99. The SMILES string of the molecule is CN/C(=C\CCOCCCF)[C@@](O)(CNC(=O)c1cc(OC)c2nnc(C)cc2c1)C(F)(F)F. The number of amides is 1. The summed E-state index contributed by atoms with van der Waals surface area (Å²) >= 11 is 0. The van der Waals surface area contributed by atoms with Crippen LogP contribution in [0.15, 0.2) is 30.0 Å². The number of aryl methyl sites for hydroxylation is 1. The third kappa shape index (κ3) is 6.54. The third-order valence-electron chi connectivity index (χ3n) is 4.98. The molecule has 8 nitrogen and oxygen atoms in total. The van der Waals surface area contributed by atoms with Gasteiger partial charge >= 0.3 is 6.18 Å². The second-order valence-corrected chi connectivity index (χ2v) is 7.45. The lowest BCUT2D eigenvalue weighted by atomic mass is 9.97. The fraction of sp³-hybridized carbons (Fsp3) is 0.500. The smallest absolute Gasteiger partial charge is 0.424 e. The number of carbonyl (C=O) groups excluding carboxylic acids is 1. The van der Waals surface area contributed by atoms with Crippen LogP contribution < -0.4 is 15.4 Å². The highest BCUT2D eigenvalue weighted by Crippen LogP contribution is 2.35. The summed E-state index contributed by atoms with van der Waals surface area (Å²) in [6, 6.07) is 4.44. The molecular formula is C22H28F4N4O4. The van der Waals surface area contributed by atoms with Gasteiger partial charge in [-0.15, -0.1) is 5.10 Å². The van der Waals surface area contributed by atoms with Crippen molar-refractivity contribution >= 4 is 16.8 Å². The lowest BCUT2D eigenvalue weighted by Crippen LogP contribution is -2.57. The van der Waals surface area contributed by atoms with Crippen LogP contribution in [-0.4, -0.2) is 73.6 Å². The first kappa shape index (κ1) is 27.3. The number of alkyl halides is 4. The van der Waals surface area contributed by atoms with Crippen LogP contribution in [0.4, 0.5) is 17.6 Å². The Bertz CT molecular complexity index is 1020. The second-order valence-electron chi connectivity index (χ2n) is 7.45. The van der Waals surface area contributed by atoms with E-state index in [0.717, 1.165) is 6.08 Å². The van der Waals surface area contributed by atoms with Crippen LogP contribution >= 0.6 is 0 Å². The quantitative estimate of drug-likeness (QED) is 0.312. The molecule has 0 saturated carbocycles. The maximum atomic E-state index is 13.9. The highest BCUT2D eigenvalue weighted by Gasteiger charge is 2.56. The van der Waals surface area contributed by atoms with Gasteiger partial charge in [0.15, 0.2) is 0 Å². The fourth-order valence-electron chi connectivity index (χ4n) is 3.20. The van der Waals surface area contributed by atoms with E-state index in [0.29, 0.717) is 16.6 Å². The first-order valence-electron chi connectivity index (χ1n) is 10.5. The van der Waals surface area contributed by atoms with E-state index in [-0.39, 0.29) is 37.4 Å². The molecule has 0 saturated heterocycles. The van der Waals surface area contributed by atoms with Crippen molar-refractivity contribution in [3.8, 4) is 5.75 Å². The van der Waals surface area contributed by atoms with Gasteiger partial charge in [0.2, 0.25) is 5.60 Å². The second kappa shape index (κ2) is 11.9. The topological polar surface area (TPSA) is 106 Å². The van der Waals surface area contributed by atoms with Gasteiger partial charge < -0.3 is 25.2 Å². The van der Waals surface area contributed by atoms with Crippen LogP contribution in [0.2, 0.25) is 0 Å². The Hall–Kier alpha value is -2.99. The number of nitrogens with zero attached hydrogens (tertiary/aromatic N) is 2. The average Bonchev–Trinajstić information content (AvgIpc) is 2.80. The predicted octanol–water partition coefficient (Wildman–Crippen LogP) is 2.84. The van der Waals surface area contributed by atoms with Crippen molar-refractivity contribution in [2.24, 2.45) is 0 Å². The number of carbonyl (C=O) groups is 1. The van der Waals surface area contributed by atoms with E-state index in [4.69, 9.17) is 9.47 Å². The van der Waals surface area contributed by atoms with E-state index in [1.807, 2.05) is 0 Å². The van der Waals surface area contributed by atoms with Gasteiger partial charge in [-0.3, -0.25) is 9.18 Å². The number of aromatic nitrogens is 2. The van der Waals surface area contributed by atoms with E-state index in [1.54, 1.807) is 13.0 Å². The van der Waals surface area contributed by atoms with Gasteiger partial charge in [0.25, 0.3) is 5.91 Å². The molecular weight excluding hydrogens is 460 g/mol. The summed E-state index contributed by atoms with van der Waals surface area (Å²) in [5.74, 6) is -0.618. The Kier molecular flexibility index (Phi) is 9.56. The molecule has 0 radical (unpaired) electrons. The summed E-state index contributed by atoms with van der Waals surface area (Å²) < 4.78 is 64.0. The zero-order chi connectivity index (χ0) is 25.4. The predicted molar refractivity (Wildman–Crippen MR) is 117 cm³/mol. The van der Waals surface area contributed by atoms with E-state index in [9.17, 15) is 27.5 Å². The zero-order valence-corrected chi connectivity index (χ0v) is 19.1. The molecule has 3 N–H and O–H groups in total. The summed E-state index contributed by atoms with van der Waals surface area (Å²) in [6.07, 6.45) is -3.74. The molecule has 1 heterocycles. The van der Waals surface area contributed by atoms with E-state index in [1.165, 1.54) is 26.3 Å². The molecule has 0 unspecified atom stereocenters. The molecule has 2 rings (SSSR count). The Morgan fingerprint density at radius 2 is 1.94 bits per heavy atom. The molecule has 1 aromatic carbocycles. The van der Waals surface area contributed by atoms with Crippen molar-refractivity contribution < 1.29 is 36.9 Å². The number of halogens is 4. The molecule has 188 valence electrons. The molecule has 0 aliphatic rings. The number of aliphatic hydroxyl groups is 1. The highest BCUT2D eigenvalue weighted by atomic mass is 19.4. The molecule has 0 aliphatic carbocycles. The molecule has 2 aromatic rings. The minimum Gasteiger partial charge on any atom is -0.494 e. The van der Waals surface area contributed by atoms with E-state index in [2.05, 4.69) is 20.8 Å². The summed E-state index contributed by atoms with van der Waals surface area (Å²) in [5.41, 5.74) is -2.92. The number of likely N-dealkylation sites (N-methyl/N-ethyl adjacent to an activating group) is 1. The Morgan fingerprint density at radius 3 is 2.56 bits per heavy atom. The van der Waals surface area contributed by atoms with Crippen LogP contribution in [0.3, 0.4) is 0 Å². The van der Waals surface area contributed by atoms with Crippen molar-refractivity contribution in [1.29, 1.82) is 0 Å². The summed E-state index contributed by atoms with van der Waals surface area (Å²) in [4.78, 5) is 12.7. The third-order valence-corrected chi connectivity index (χ3v) is 4.98. The number of benzene rings is 1. The number of methoxy groups -OCH3 is 1.